The van der Waals surface area contributed by atoms with E-state index < -0.39 is 0 Å². The molecule has 1 aliphatic rings. The van der Waals surface area contributed by atoms with Gasteiger partial charge in [-0.2, -0.15) is 4.99 Å². The minimum atomic E-state index is 0.466. The maximum atomic E-state index is 6.20. The average molecular weight is 381 g/mol. The van der Waals surface area contributed by atoms with Gasteiger partial charge in [-0.3, -0.25) is 0 Å². The van der Waals surface area contributed by atoms with E-state index in [9.17, 15) is 0 Å². The van der Waals surface area contributed by atoms with Gasteiger partial charge in [0.15, 0.2) is 0 Å². The molecule has 26 heavy (non-hydrogen) atoms. The lowest BCUT2D eigenvalue weighted by molar-refractivity contribution is 0.319. The van der Waals surface area contributed by atoms with Gasteiger partial charge in [0.2, 0.25) is 0 Å². The molecule has 2 nitrogen and oxygen atoms in total. The van der Waals surface area contributed by atoms with Crippen LogP contribution in [0.4, 0.5) is 5.69 Å². The largest absolute Gasteiger partial charge is 0.244 e. The van der Waals surface area contributed by atoms with Gasteiger partial charge in [-0.25, -0.2) is 4.98 Å². The Labute approximate surface area is 165 Å². The van der Waals surface area contributed by atoms with Gasteiger partial charge in [0.25, 0.3) is 0 Å². The predicted octanol–water partition coefficient (Wildman–Crippen LogP) is 6.55. The highest BCUT2D eigenvalue weighted by Gasteiger charge is 2.20. The van der Waals surface area contributed by atoms with Crippen molar-refractivity contribution in [3.05, 3.63) is 58.4 Å². The molecule has 1 fully saturated rings. The summed E-state index contributed by atoms with van der Waals surface area (Å²) in [7, 11) is 0. The minimum absolute atomic E-state index is 0.466. The molecule has 0 unspecified atom stereocenters. The second-order valence-corrected chi connectivity index (χ2v) is 7.31. The van der Waals surface area contributed by atoms with Crippen LogP contribution in [-0.2, 0) is 0 Å². The van der Waals surface area contributed by atoms with Crippen molar-refractivity contribution < 1.29 is 0 Å². The first-order valence-corrected chi connectivity index (χ1v) is 9.83. The highest BCUT2D eigenvalue weighted by molar-refractivity contribution is 7.78. The second-order valence-electron chi connectivity index (χ2n) is 6.72. The quantitative estimate of drug-likeness (QED) is 0.342. The molecule has 0 bridgehead atoms. The van der Waals surface area contributed by atoms with Crippen LogP contribution in [0.3, 0.4) is 0 Å². The fraction of sp³-hybridized carbons (Fsp3) is 0.364. The smallest absolute Gasteiger partial charge is 0.132 e. The number of nitrogens with zero attached hydrogens (tertiary/aromatic N) is 2. The molecule has 1 saturated carbocycles. The molecule has 3 rings (SSSR count). The summed E-state index contributed by atoms with van der Waals surface area (Å²) in [6.45, 7) is 2.30. The normalized spacial score (nSPS) is 19.2. The SMILES string of the molecule is CCC1CCC(c2ccc(C#Cc3ncc(N=C=S)cc3Cl)cc2)CC1. The van der Waals surface area contributed by atoms with E-state index >= 15 is 0 Å². The minimum Gasteiger partial charge on any atom is -0.244 e. The molecule has 1 aromatic carbocycles. The van der Waals surface area contributed by atoms with Crippen LogP contribution in [0.2, 0.25) is 5.02 Å². The zero-order chi connectivity index (χ0) is 18.4. The summed E-state index contributed by atoms with van der Waals surface area (Å²) in [5.41, 5.74) is 3.52. The lowest BCUT2D eigenvalue weighted by Crippen LogP contribution is -2.12. The Morgan fingerprint density at radius 1 is 1.15 bits per heavy atom. The summed E-state index contributed by atoms with van der Waals surface area (Å²) < 4.78 is 0. The lowest BCUT2D eigenvalue weighted by atomic mass is 9.78. The Balaban J connectivity index is 1.69. The predicted molar refractivity (Wildman–Crippen MR) is 111 cm³/mol. The van der Waals surface area contributed by atoms with Crippen LogP contribution in [0.15, 0.2) is 41.5 Å². The van der Waals surface area contributed by atoms with Gasteiger partial charge < -0.3 is 0 Å². The van der Waals surface area contributed by atoms with E-state index in [4.69, 9.17) is 11.6 Å². The van der Waals surface area contributed by atoms with Crippen LogP contribution in [-0.4, -0.2) is 10.1 Å². The number of benzene rings is 1. The van der Waals surface area contributed by atoms with E-state index in [0.717, 1.165) is 11.5 Å². The van der Waals surface area contributed by atoms with Gasteiger partial charge in [-0.1, -0.05) is 43.0 Å². The molecule has 1 aliphatic carbocycles. The maximum absolute atomic E-state index is 6.20. The van der Waals surface area contributed by atoms with Crippen molar-refractivity contribution in [3.8, 4) is 11.8 Å². The maximum Gasteiger partial charge on any atom is 0.132 e. The molecule has 0 saturated heterocycles. The molecule has 2 aromatic rings. The first-order chi connectivity index (χ1) is 12.7. The van der Waals surface area contributed by atoms with Crippen LogP contribution in [0, 0.1) is 17.8 Å². The number of hydrogen-bond donors (Lipinski definition) is 0. The van der Waals surface area contributed by atoms with Crippen molar-refractivity contribution in [3.63, 3.8) is 0 Å². The van der Waals surface area contributed by atoms with Crippen LogP contribution in [0.1, 0.15) is 61.8 Å². The third kappa shape index (κ3) is 4.80. The Kier molecular flexibility index (Phi) is 6.58. The number of rotatable bonds is 3. The number of hydrogen-bond acceptors (Lipinski definition) is 3. The van der Waals surface area contributed by atoms with Gasteiger partial charge >= 0.3 is 0 Å². The average Bonchev–Trinajstić information content (AvgIpc) is 2.68. The molecule has 0 aliphatic heterocycles. The van der Waals surface area contributed by atoms with Crippen LogP contribution >= 0.6 is 23.8 Å². The van der Waals surface area contributed by atoms with Crippen molar-refractivity contribution in [2.45, 2.75) is 44.9 Å². The first kappa shape index (κ1) is 18.8. The van der Waals surface area contributed by atoms with E-state index in [1.165, 1.54) is 37.7 Å². The summed E-state index contributed by atoms with van der Waals surface area (Å²) in [5.74, 6) is 7.79. The molecule has 0 radical (unpaired) electrons. The van der Waals surface area contributed by atoms with Gasteiger partial charge in [-0.05, 0) is 79.4 Å². The fourth-order valence-electron chi connectivity index (χ4n) is 3.51. The molecule has 0 atom stereocenters. The third-order valence-electron chi connectivity index (χ3n) is 5.13. The third-order valence-corrected chi connectivity index (χ3v) is 5.51. The number of halogens is 1. The monoisotopic (exact) mass is 380 g/mol. The van der Waals surface area contributed by atoms with E-state index in [0.29, 0.717) is 22.3 Å². The van der Waals surface area contributed by atoms with Gasteiger partial charge in [0.1, 0.15) is 5.69 Å². The summed E-state index contributed by atoms with van der Waals surface area (Å²) >= 11 is 10.8. The summed E-state index contributed by atoms with van der Waals surface area (Å²) in [6, 6.07) is 10.3. The molecule has 0 N–H and O–H groups in total. The molecule has 0 amide bonds. The zero-order valence-electron chi connectivity index (χ0n) is 14.8. The van der Waals surface area contributed by atoms with Crippen LogP contribution < -0.4 is 0 Å². The van der Waals surface area contributed by atoms with Crippen LogP contribution in [0.5, 0.6) is 0 Å². The number of aliphatic imine (C=N–C) groups is 1. The van der Waals surface area contributed by atoms with Gasteiger partial charge in [0, 0.05) is 5.56 Å². The summed E-state index contributed by atoms with van der Waals surface area (Å²) in [6.07, 6.45) is 8.23. The highest BCUT2D eigenvalue weighted by atomic mass is 35.5. The van der Waals surface area contributed by atoms with E-state index in [2.05, 4.69) is 70.4 Å². The summed E-state index contributed by atoms with van der Waals surface area (Å²) in [4.78, 5) is 8.09. The number of pyridine rings is 1. The molecule has 132 valence electrons. The number of isothiocyanates is 1. The van der Waals surface area contributed by atoms with Gasteiger partial charge in [-0.15, -0.1) is 0 Å². The van der Waals surface area contributed by atoms with Crippen molar-refractivity contribution in [2.24, 2.45) is 10.9 Å². The Bertz CT molecular complexity index is 865. The summed E-state index contributed by atoms with van der Waals surface area (Å²) in [5, 5.41) is 2.77. The van der Waals surface area contributed by atoms with Gasteiger partial charge in [0.05, 0.1) is 22.1 Å². The number of aromatic nitrogens is 1. The Hall–Kier alpha value is -1.98. The lowest BCUT2D eigenvalue weighted by Gasteiger charge is -2.28. The van der Waals surface area contributed by atoms with Crippen molar-refractivity contribution >= 4 is 34.7 Å². The van der Waals surface area contributed by atoms with Crippen LogP contribution in [0.25, 0.3) is 0 Å². The Morgan fingerprint density at radius 3 is 2.50 bits per heavy atom. The second kappa shape index (κ2) is 9.10. The molecular formula is C22H21ClN2S. The van der Waals surface area contributed by atoms with E-state index in [-0.39, 0.29) is 0 Å². The zero-order valence-corrected chi connectivity index (χ0v) is 16.4. The highest BCUT2D eigenvalue weighted by Crippen LogP contribution is 2.36. The molecule has 1 heterocycles. The molecule has 1 aromatic heterocycles. The van der Waals surface area contributed by atoms with E-state index in [1.807, 2.05) is 0 Å². The Morgan fingerprint density at radius 2 is 1.88 bits per heavy atom. The van der Waals surface area contributed by atoms with Crippen molar-refractivity contribution in [1.29, 1.82) is 0 Å². The first-order valence-electron chi connectivity index (χ1n) is 9.05. The molecule has 0 spiro atoms. The number of thiocarbonyl (C=S) groups is 1. The molecular weight excluding hydrogens is 360 g/mol. The fourth-order valence-corrected chi connectivity index (χ4v) is 3.82. The topological polar surface area (TPSA) is 25.2 Å². The van der Waals surface area contributed by atoms with Crippen molar-refractivity contribution in [1.82, 2.24) is 4.98 Å². The standard InChI is InChI=1S/C22H21ClN2S/c1-2-16-3-8-18(9-4-16)19-10-5-17(6-11-19)7-12-22-21(23)13-20(14-24-22)25-15-26/h5-6,10-11,13-14,16,18H,2-4,8-9H2,1H3. The van der Waals surface area contributed by atoms with Crippen molar-refractivity contribution in [2.75, 3.05) is 0 Å². The van der Waals surface area contributed by atoms with E-state index in [1.54, 1.807) is 12.3 Å². The molecule has 4 heteroatoms.